The fraction of sp³-hybridized carbons (Fsp3) is 0.421. The molecule has 132 valence electrons. The normalized spacial score (nSPS) is 17.5. The molecular formula is C19H23N3O3. The average Bonchev–Trinajstić information content (AvgIpc) is 3.10. The number of benzene rings is 1. The van der Waals surface area contributed by atoms with E-state index in [1.54, 1.807) is 17.1 Å². The summed E-state index contributed by atoms with van der Waals surface area (Å²) in [5, 5.41) is 13.3. The van der Waals surface area contributed by atoms with Gasteiger partial charge in [-0.3, -0.25) is 9.59 Å². The van der Waals surface area contributed by atoms with E-state index in [1.807, 2.05) is 36.1 Å². The van der Waals surface area contributed by atoms with Gasteiger partial charge in [-0.25, -0.2) is 4.68 Å². The van der Waals surface area contributed by atoms with Gasteiger partial charge in [0.15, 0.2) is 0 Å². The number of aryl methyl sites for hydroxylation is 1. The zero-order valence-corrected chi connectivity index (χ0v) is 14.4. The molecule has 3 rings (SSSR count). The van der Waals surface area contributed by atoms with Crippen molar-refractivity contribution in [2.24, 2.45) is 0 Å². The van der Waals surface area contributed by atoms with Crippen LogP contribution < -0.4 is 0 Å². The number of carboxylic acid groups (broad SMARTS) is 1. The molecule has 6 nitrogen and oxygen atoms in total. The minimum absolute atomic E-state index is 0.000776. The van der Waals surface area contributed by atoms with Gasteiger partial charge < -0.3 is 10.0 Å². The molecule has 1 atom stereocenters. The second-order valence-corrected chi connectivity index (χ2v) is 6.54. The molecule has 25 heavy (non-hydrogen) atoms. The summed E-state index contributed by atoms with van der Waals surface area (Å²) in [6.07, 6.45) is 6.82. The van der Waals surface area contributed by atoms with Crippen LogP contribution in [0.2, 0.25) is 0 Å². The molecule has 2 heterocycles. The van der Waals surface area contributed by atoms with Gasteiger partial charge in [0.2, 0.25) is 0 Å². The summed E-state index contributed by atoms with van der Waals surface area (Å²) in [5.74, 6) is -0.875. The molecule has 1 aliphatic heterocycles. The Balaban J connectivity index is 1.78. The zero-order chi connectivity index (χ0) is 17.8. The van der Waals surface area contributed by atoms with Crippen LogP contribution in [0.1, 0.15) is 48.0 Å². The third kappa shape index (κ3) is 3.90. The van der Waals surface area contributed by atoms with Crippen LogP contribution in [-0.4, -0.2) is 44.3 Å². The quantitative estimate of drug-likeness (QED) is 0.907. The zero-order valence-electron chi connectivity index (χ0n) is 14.4. The van der Waals surface area contributed by atoms with Crippen molar-refractivity contribution in [2.75, 3.05) is 6.54 Å². The lowest BCUT2D eigenvalue weighted by atomic mass is 9.97. The van der Waals surface area contributed by atoms with Gasteiger partial charge >= 0.3 is 5.97 Å². The van der Waals surface area contributed by atoms with Crippen LogP contribution in [0.5, 0.6) is 0 Å². The number of para-hydroxylation sites is 1. The molecule has 6 heteroatoms. The van der Waals surface area contributed by atoms with Gasteiger partial charge in [-0.15, -0.1) is 0 Å². The molecule has 1 N–H and O–H groups in total. The Bertz CT molecular complexity index is 769. The van der Waals surface area contributed by atoms with E-state index in [0.29, 0.717) is 18.5 Å². The third-order valence-corrected chi connectivity index (χ3v) is 4.77. The van der Waals surface area contributed by atoms with Crippen molar-refractivity contribution >= 4 is 11.9 Å². The van der Waals surface area contributed by atoms with Crippen molar-refractivity contribution in [2.45, 2.75) is 45.1 Å². The predicted molar refractivity (Wildman–Crippen MR) is 93.8 cm³/mol. The molecule has 1 saturated heterocycles. The lowest BCUT2D eigenvalue weighted by molar-refractivity contribution is -0.137. The maximum atomic E-state index is 12.9. The van der Waals surface area contributed by atoms with Crippen molar-refractivity contribution in [3.05, 3.63) is 47.8 Å². The number of aromatic nitrogens is 2. The first-order chi connectivity index (χ1) is 12.1. The summed E-state index contributed by atoms with van der Waals surface area (Å²) in [6, 6.07) is 7.88. The second kappa shape index (κ2) is 7.51. The van der Waals surface area contributed by atoms with Gasteiger partial charge in [-0.1, -0.05) is 18.2 Å². The number of aliphatic carboxylic acids is 1. The van der Waals surface area contributed by atoms with E-state index >= 15 is 0 Å². The second-order valence-electron chi connectivity index (χ2n) is 6.54. The number of rotatable bonds is 5. The molecule has 1 unspecified atom stereocenters. The van der Waals surface area contributed by atoms with Gasteiger partial charge in [0.25, 0.3) is 5.91 Å². The van der Waals surface area contributed by atoms with Gasteiger partial charge in [0, 0.05) is 25.2 Å². The maximum absolute atomic E-state index is 12.9. The first-order valence-corrected chi connectivity index (χ1v) is 8.69. The highest BCUT2D eigenvalue weighted by molar-refractivity contribution is 5.94. The molecule has 1 aliphatic rings. The number of hydrogen-bond acceptors (Lipinski definition) is 3. The molecule has 0 bridgehead atoms. The maximum Gasteiger partial charge on any atom is 0.303 e. The summed E-state index contributed by atoms with van der Waals surface area (Å²) in [6.45, 7) is 2.68. The van der Waals surface area contributed by atoms with Crippen LogP contribution in [0.15, 0.2) is 36.7 Å². The van der Waals surface area contributed by atoms with E-state index in [2.05, 4.69) is 5.10 Å². The molecule has 1 amide bonds. The first-order valence-electron chi connectivity index (χ1n) is 8.69. The van der Waals surface area contributed by atoms with E-state index in [0.717, 1.165) is 30.5 Å². The first kappa shape index (κ1) is 17.2. The van der Waals surface area contributed by atoms with Crippen LogP contribution >= 0.6 is 0 Å². The van der Waals surface area contributed by atoms with Crippen molar-refractivity contribution in [3.8, 4) is 5.69 Å². The van der Waals surface area contributed by atoms with Gasteiger partial charge in [-0.05, 0) is 44.2 Å². The highest BCUT2D eigenvalue weighted by Crippen LogP contribution is 2.23. The minimum Gasteiger partial charge on any atom is -0.481 e. The molecule has 0 spiro atoms. The summed E-state index contributed by atoms with van der Waals surface area (Å²) in [4.78, 5) is 25.6. The highest BCUT2D eigenvalue weighted by Gasteiger charge is 2.28. The van der Waals surface area contributed by atoms with Crippen LogP contribution in [0.4, 0.5) is 0 Å². The number of hydrogen-bond donors (Lipinski definition) is 1. The summed E-state index contributed by atoms with van der Waals surface area (Å²) < 4.78 is 1.72. The number of amides is 1. The number of nitrogens with zero attached hydrogens (tertiary/aromatic N) is 3. The van der Waals surface area contributed by atoms with E-state index in [4.69, 9.17) is 5.11 Å². The summed E-state index contributed by atoms with van der Waals surface area (Å²) >= 11 is 0. The number of carboxylic acids is 1. The van der Waals surface area contributed by atoms with E-state index in [-0.39, 0.29) is 18.4 Å². The van der Waals surface area contributed by atoms with Crippen LogP contribution in [0.3, 0.4) is 0 Å². The molecule has 0 radical (unpaired) electrons. The van der Waals surface area contributed by atoms with E-state index in [9.17, 15) is 9.59 Å². The third-order valence-electron chi connectivity index (χ3n) is 4.77. The molecule has 1 aromatic heterocycles. The molecule has 0 saturated carbocycles. The fourth-order valence-corrected chi connectivity index (χ4v) is 3.41. The molecule has 1 aromatic carbocycles. The predicted octanol–water partition coefficient (Wildman–Crippen LogP) is 3.04. The van der Waals surface area contributed by atoms with Crippen molar-refractivity contribution in [3.63, 3.8) is 0 Å². The van der Waals surface area contributed by atoms with Crippen LogP contribution in [-0.2, 0) is 4.79 Å². The Morgan fingerprint density at radius 2 is 2.08 bits per heavy atom. The largest absolute Gasteiger partial charge is 0.481 e. The average molecular weight is 341 g/mol. The lowest BCUT2D eigenvalue weighted by Crippen LogP contribution is -2.43. The Morgan fingerprint density at radius 3 is 2.84 bits per heavy atom. The number of carbonyl (C=O) groups is 2. The van der Waals surface area contributed by atoms with Crippen molar-refractivity contribution in [1.29, 1.82) is 0 Å². The van der Waals surface area contributed by atoms with Crippen molar-refractivity contribution < 1.29 is 14.7 Å². The fourth-order valence-electron chi connectivity index (χ4n) is 3.41. The standard InChI is InChI=1S/C19H23N3O3/c1-14-6-2-3-8-17(14)22-13-15(12-20-22)19(25)21-11-5-4-7-16(21)9-10-18(23)24/h2-3,6,8,12-13,16H,4-5,7,9-11H2,1H3,(H,23,24). The monoisotopic (exact) mass is 341 g/mol. The molecule has 2 aromatic rings. The van der Waals surface area contributed by atoms with E-state index < -0.39 is 5.97 Å². The molecule has 0 aliphatic carbocycles. The number of carbonyl (C=O) groups excluding carboxylic acids is 1. The highest BCUT2D eigenvalue weighted by atomic mass is 16.4. The van der Waals surface area contributed by atoms with Gasteiger partial charge in [0.1, 0.15) is 0 Å². The van der Waals surface area contributed by atoms with Crippen LogP contribution in [0, 0.1) is 6.92 Å². The Hall–Kier alpha value is -2.63. The summed E-state index contributed by atoms with van der Waals surface area (Å²) in [7, 11) is 0. The van der Waals surface area contributed by atoms with Gasteiger partial charge in [0.05, 0.1) is 17.4 Å². The smallest absolute Gasteiger partial charge is 0.303 e. The van der Waals surface area contributed by atoms with Crippen molar-refractivity contribution in [1.82, 2.24) is 14.7 Å². The number of piperidine rings is 1. The van der Waals surface area contributed by atoms with Gasteiger partial charge in [-0.2, -0.15) is 5.10 Å². The van der Waals surface area contributed by atoms with E-state index in [1.165, 1.54) is 0 Å². The topological polar surface area (TPSA) is 75.4 Å². The minimum atomic E-state index is -0.814. The lowest BCUT2D eigenvalue weighted by Gasteiger charge is -2.35. The Kier molecular flexibility index (Phi) is 5.16. The van der Waals surface area contributed by atoms with Crippen LogP contribution in [0.25, 0.3) is 5.69 Å². The Morgan fingerprint density at radius 1 is 1.28 bits per heavy atom. The molecule has 1 fully saturated rings. The SMILES string of the molecule is Cc1ccccc1-n1cc(C(=O)N2CCCCC2CCC(=O)O)cn1. The molecular weight excluding hydrogens is 318 g/mol. The Labute approximate surface area is 147 Å². The number of likely N-dealkylation sites (tertiary alicyclic amines) is 1. The summed E-state index contributed by atoms with van der Waals surface area (Å²) in [5.41, 5.74) is 2.58.